The normalized spacial score (nSPS) is 11.6. The second-order valence-electron chi connectivity index (χ2n) is 6.89. The van der Waals surface area contributed by atoms with E-state index in [1.807, 2.05) is 36.4 Å². The van der Waals surface area contributed by atoms with E-state index in [0.717, 1.165) is 27.5 Å². The van der Waals surface area contributed by atoms with Crippen molar-refractivity contribution in [2.75, 3.05) is 10.6 Å². The summed E-state index contributed by atoms with van der Waals surface area (Å²) in [5.41, 5.74) is 2.97. The lowest BCUT2D eigenvalue weighted by molar-refractivity contribution is -0.274. The van der Waals surface area contributed by atoms with Crippen molar-refractivity contribution in [3.63, 3.8) is 0 Å². The fourth-order valence-electron chi connectivity index (χ4n) is 3.31. The summed E-state index contributed by atoms with van der Waals surface area (Å²) in [6.07, 6.45) is -1.37. The van der Waals surface area contributed by atoms with Gasteiger partial charge in [-0.05, 0) is 66.0 Å². The molecular formula is C22H15F3N6O. The number of aromatic nitrogens is 4. The van der Waals surface area contributed by atoms with Crippen LogP contribution in [0, 0.1) is 0 Å². The Bertz CT molecular complexity index is 1400. The number of aromatic amines is 1. The standard InChI is InChI=1S/C22H15F3N6O/c23-22(24,25)32-16-6-3-14(4-7-16)28-20-17-8-5-15(12-13(17)9-11-27-20)29-21-19-18(30-31-21)2-1-10-26-19/h1-12H,(H,27,28)(H2,29,30,31). The van der Waals surface area contributed by atoms with Gasteiger partial charge in [-0.1, -0.05) is 0 Å². The zero-order chi connectivity index (χ0) is 22.1. The van der Waals surface area contributed by atoms with Crippen LogP contribution in [0.3, 0.4) is 0 Å². The molecule has 0 spiro atoms. The minimum atomic E-state index is -4.73. The van der Waals surface area contributed by atoms with Gasteiger partial charge in [0.2, 0.25) is 0 Å². The molecule has 0 bridgehead atoms. The molecule has 0 atom stereocenters. The number of alkyl halides is 3. The van der Waals surface area contributed by atoms with Crippen LogP contribution >= 0.6 is 0 Å². The number of rotatable bonds is 5. The van der Waals surface area contributed by atoms with Crippen molar-refractivity contribution in [2.45, 2.75) is 6.36 Å². The van der Waals surface area contributed by atoms with Crippen LogP contribution in [-0.2, 0) is 0 Å². The van der Waals surface area contributed by atoms with Gasteiger partial charge in [-0.3, -0.25) is 10.1 Å². The number of halogens is 3. The van der Waals surface area contributed by atoms with E-state index in [0.29, 0.717) is 17.3 Å². The van der Waals surface area contributed by atoms with E-state index in [1.165, 1.54) is 24.3 Å². The van der Waals surface area contributed by atoms with Crippen molar-refractivity contribution in [2.24, 2.45) is 0 Å². The predicted molar refractivity (Wildman–Crippen MR) is 115 cm³/mol. The molecule has 3 heterocycles. The quantitative estimate of drug-likeness (QED) is 0.318. The molecule has 0 aliphatic heterocycles. The first-order valence-corrected chi connectivity index (χ1v) is 9.52. The van der Waals surface area contributed by atoms with Crippen LogP contribution in [0.1, 0.15) is 0 Å². The zero-order valence-electron chi connectivity index (χ0n) is 16.3. The summed E-state index contributed by atoms with van der Waals surface area (Å²) in [5.74, 6) is 0.906. The van der Waals surface area contributed by atoms with E-state index in [-0.39, 0.29) is 5.75 Å². The topological polar surface area (TPSA) is 87.8 Å². The molecule has 5 rings (SSSR count). The Morgan fingerprint density at radius 3 is 2.41 bits per heavy atom. The fourth-order valence-corrected chi connectivity index (χ4v) is 3.31. The molecule has 5 aromatic rings. The van der Waals surface area contributed by atoms with E-state index in [4.69, 9.17) is 0 Å². The lowest BCUT2D eigenvalue weighted by Gasteiger charge is -2.12. The molecule has 0 fully saturated rings. The molecule has 3 aromatic heterocycles. The number of pyridine rings is 2. The number of nitrogens with one attached hydrogen (secondary N) is 3. The number of benzene rings is 2. The number of ether oxygens (including phenoxy) is 1. The summed E-state index contributed by atoms with van der Waals surface area (Å²) >= 11 is 0. The average Bonchev–Trinajstić information content (AvgIpc) is 3.17. The second kappa shape index (κ2) is 7.73. The maximum absolute atomic E-state index is 12.3. The Balaban J connectivity index is 1.38. The lowest BCUT2D eigenvalue weighted by atomic mass is 10.1. The molecule has 0 radical (unpaired) electrons. The van der Waals surface area contributed by atoms with Gasteiger partial charge in [0, 0.05) is 29.2 Å². The largest absolute Gasteiger partial charge is 0.573 e. The Morgan fingerprint density at radius 1 is 0.812 bits per heavy atom. The Hall–Kier alpha value is -4.34. The average molecular weight is 436 g/mol. The highest BCUT2D eigenvalue weighted by molar-refractivity contribution is 5.96. The van der Waals surface area contributed by atoms with Gasteiger partial charge in [0.05, 0.1) is 5.52 Å². The van der Waals surface area contributed by atoms with Gasteiger partial charge >= 0.3 is 6.36 Å². The van der Waals surface area contributed by atoms with Gasteiger partial charge in [-0.15, -0.1) is 13.2 Å². The second-order valence-corrected chi connectivity index (χ2v) is 6.89. The van der Waals surface area contributed by atoms with Gasteiger partial charge in [-0.25, -0.2) is 4.98 Å². The molecule has 0 saturated heterocycles. The molecule has 160 valence electrons. The van der Waals surface area contributed by atoms with Gasteiger partial charge in [0.25, 0.3) is 0 Å². The fraction of sp³-hybridized carbons (Fsp3) is 0.0455. The number of hydrogen-bond acceptors (Lipinski definition) is 6. The molecule has 2 aromatic carbocycles. The third-order valence-electron chi connectivity index (χ3n) is 4.70. The molecule has 32 heavy (non-hydrogen) atoms. The third-order valence-corrected chi connectivity index (χ3v) is 4.70. The van der Waals surface area contributed by atoms with Crippen molar-refractivity contribution in [3.8, 4) is 5.75 Å². The van der Waals surface area contributed by atoms with Crippen molar-refractivity contribution in [3.05, 3.63) is 73.1 Å². The number of H-pyrrole nitrogens is 1. The first kappa shape index (κ1) is 19.6. The monoisotopic (exact) mass is 436 g/mol. The Morgan fingerprint density at radius 2 is 1.59 bits per heavy atom. The van der Waals surface area contributed by atoms with E-state index >= 15 is 0 Å². The van der Waals surface area contributed by atoms with E-state index in [9.17, 15) is 13.2 Å². The van der Waals surface area contributed by atoms with Crippen LogP contribution in [0.2, 0.25) is 0 Å². The summed E-state index contributed by atoms with van der Waals surface area (Å²) in [7, 11) is 0. The van der Waals surface area contributed by atoms with Crippen molar-refractivity contribution >= 4 is 44.8 Å². The van der Waals surface area contributed by atoms with E-state index in [2.05, 4.69) is 35.5 Å². The van der Waals surface area contributed by atoms with Crippen LogP contribution in [-0.4, -0.2) is 26.5 Å². The molecule has 3 N–H and O–H groups in total. The Kier molecular flexibility index (Phi) is 4.74. The summed E-state index contributed by atoms with van der Waals surface area (Å²) in [6.45, 7) is 0. The van der Waals surface area contributed by atoms with Crippen molar-refractivity contribution in [1.29, 1.82) is 0 Å². The molecule has 0 amide bonds. The van der Waals surface area contributed by atoms with Crippen LogP contribution < -0.4 is 15.4 Å². The first-order chi connectivity index (χ1) is 15.4. The zero-order valence-corrected chi connectivity index (χ0v) is 16.3. The van der Waals surface area contributed by atoms with Gasteiger partial charge < -0.3 is 15.4 Å². The first-order valence-electron chi connectivity index (χ1n) is 9.52. The third kappa shape index (κ3) is 4.10. The minimum Gasteiger partial charge on any atom is -0.406 e. The lowest BCUT2D eigenvalue weighted by Crippen LogP contribution is -2.16. The van der Waals surface area contributed by atoms with Crippen molar-refractivity contribution in [1.82, 2.24) is 20.2 Å². The molecule has 10 heteroatoms. The molecule has 0 aliphatic rings. The minimum absolute atomic E-state index is 0.287. The van der Waals surface area contributed by atoms with Crippen molar-refractivity contribution < 1.29 is 17.9 Å². The molecule has 0 aliphatic carbocycles. The molecular weight excluding hydrogens is 421 g/mol. The molecule has 7 nitrogen and oxygen atoms in total. The van der Waals surface area contributed by atoms with Gasteiger partial charge in [-0.2, -0.15) is 5.10 Å². The van der Waals surface area contributed by atoms with Crippen LogP contribution in [0.25, 0.3) is 21.8 Å². The Labute approximate surface area is 179 Å². The number of hydrogen-bond donors (Lipinski definition) is 3. The summed E-state index contributed by atoms with van der Waals surface area (Å²) < 4.78 is 40.9. The van der Waals surface area contributed by atoms with Gasteiger partial charge in [0.1, 0.15) is 17.1 Å². The smallest absolute Gasteiger partial charge is 0.406 e. The number of anilines is 4. The van der Waals surface area contributed by atoms with Crippen LogP contribution in [0.15, 0.2) is 73.1 Å². The van der Waals surface area contributed by atoms with Crippen LogP contribution in [0.4, 0.5) is 36.2 Å². The predicted octanol–water partition coefficient (Wildman–Crippen LogP) is 5.89. The van der Waals surface area contributed by atoms with Crippen LogP contribution in [0.5, 0.6) is 5.75 Å². The highest BCUT2D eigenvalue weighted by atomic mass is 19.4. The van der Waals surface area contributed by atoms with Gasteiger partial charge in [0.15, 0.2) is 5.82 Å². The molecule has 0 unspecified atom stereocenters. The highest BCUT2D eigenvalue weighted by Crippen LogP contribution is 2.30. The number of nitrogens with zero attached hydrogens (tertiary/aromatic N) is 3. The summed E-state index contributed by atoms with van der Waals surface area (Å²) in [4.78, 5) is 8.70. The highest BCUT2D eigenvalue weighted by Gasteiger charge is 2.30. The summed E-state index contributed by atoms with van der Waals surface area (Å²) in [5, 5.41) is 15.4. The maximum Gasteiger partial charge on any atom is 0.573 e. The number of fused-ring (bicyclic) bond motifs is 2. The van der Waals surface area contributed by atoms with E-state index in [1.54, 1.807) is 12.4 Å². The SMILES string of the molecule is FC(F)(F)Oc1ccc(Nc2nccc3cc(Nc4n[nH]c5cccnc45)ccc23)cc1. The van der Waals surface area contributed by atoms with E-state index < -0.39 is 6.36 Å². The summed E-state index contributed by atoms with van der Waals surface area (Å²) in [6, 6.07) is 16.8. The maximum atomic E-state index is 12.3. The molecule has 0 saturated carbocycles.